The van der Waals surface area contributed by atoms with Crippen molar-refractivity contribution < 1.29 is 28.6 Å². The van der Waals surface area contributed by atoms with Crippen LogP contribution in [0.25, 0.3) is 0 Å². The molecule has 0 saturated heterocycles. The van der Waals surface area contributed by atoms with Crippen LogP contribution in [0, 0.1) is 6.92 Å². The lowest BCUT2D eigenvalue weighted by Gasteiger charge is -2.35. The largest absolute Gasteiger partial charge is 0.482 e. The van der Waals surface area contributed by atoms with Crippen LogP contribution < -0.4 is 10.1 Å². The van der Waals surface area contributed by atoms with Crippen molar-refractivity contribution in [2.45, 2.75) is 25.9 Å². The molecular formula is C24H22N2O6. The molecule has 0 bridgehead atoms. The van der Waals surface area contributed by atoms with Crippen LogP contribution in [0.1, 0.15) is 27.2 Å². The van der Waals surface area contributed by atoms with E-state index in [4.69, 9.17) is 14.3 Å². The molecule has 1 aliphatic heterocycles. The fourth-order valence-corrected chi connectivity index (χ4v) is 3.74. The standard InChI is InChI=1S/C24H22N2O6/c1-15-11-18(32-14-22(27)28)8-9-19(15)25-23(29)20-12-16-5-2-3-6-17(16)13-26(20)24(30)21-7-4-10-31-21/h2-11,20H,12-14H2,1H3,(H,25,29)(H,27,28). The van der Waals surface area contributed by atoms with Crippen LogP contribution in [-0.2, 0) is 22.6 Å². The van der Waals surface area contributed by atoms with Gasteiger partial charge in [-0.2, -0.15) is 0 Å². The third kappa shape index (κ3) is 4.49. The highest BCUT2D eigenvalue weighted by Gasteiger charge is 2.36. The SMILES string of the molecule is Cc1cc(OCC(=O)O)ccc1NC(=O)C1Cc2ccccc2CN1C(=O)c1ccco1. The molecular weight excluding hydrogens is 412 g/mol. The molecule has 2 N–H and O–H groups in total. The highest BCUT2D eigenvalue weighted by atomic mass is 16.5. The van der Waals surface area contributed by atoms with Crippen LogP contribution in [0.2, 0.25) is 0 Å². The third-order valence-electron chi connectivity index (χ3n) is 5.36. The number of amides is 2. The molecule has 1 unspecified atom stereocenters. The minimum Gasteiger partial charge on any atom is -0.482 e. The molecule has 1 atom stereocenters. The van der Waals surface area contributed by atoms with Gasteiger partial charge >= 0.3 is 5.97 Å². The minimum absolute atomic E-state index is 0.179. The highest BCUT2D eigenvalue weighted by Crippen LogP contribution is 2.27. The maximum atomic E-state index is 13.3. The molecule has 2 heterocycles. The smallest absolute Gasteiger partial charge is 0.341 e. The quantitative estimate of drug-likeness (QED) is 0.616. The van der Waals surface area contributed by atoms with Gasteiger partial charge in [-0.1, -0.05) is 24.3 Å². The van der Waals surface area contributed by atoms with E-state index in [1.54, 1.807) is 37.3 Å². The molecule has 2 aromatic carbocycles. The summed E-state index contributed by atoms with van der Waals surface area (Å²) < 4.78 is 10.5. The zero-order valence-electron chi connectivity index (χ0n) is 17.4. The van der Waals surface area contributed by atoms with Crippen molar-refractivity contribution in [2.75, 3.05) is 11.9 Å². The summed E-state index contributed by atoms with van der Waals surface area (Å²) in [5, 5.41) is 11.6. The molecule has 1 aliphatic rings. The summed E-state index contributed by atoms with van der Waals surface area (Å²) >= 11 is 0. The van der Waals surface area contributed by atoms with Crippen LogP contribution in [-0.4, -0.2) is 40.4 Å². The Balaban J connectivity index is 1.56. The predicted molar refractivity (Wildman–Crippen MR) is 115 cm³/mol. The number of carbonyl (C=O) groups is 3. The van der Waals surface area contributed by atoms with E-state index in [0.717, 1.165) is 11.1 Å². The second-order valence-corrected chi connectivity index (χ2v) is 7.55. The van der Waals surface area contributed by atoms with Crippen molar-refractivity contribution >= 4 is 23.5 Å². The Labute approximate surface area is 184 Å². The van der Waals surface area contributed by atoms with Gasteiger partial charge in [0.2, 0.25) is 5.91 Å². The summed E-state index contributed by atoms with van der Waals surface area (Å²) in [6.07, 6.45) is 1.81. The summed E-state index contributed by atoms with van der Waals surface area (Å²) in [7, 11) is 0. The van der Waals surface area contributed by atoms with E-state index in [1.807, 2.05) is 24.3 Å². The first-order valence-corrected chi connectivity index (χ1v) is 10.1. The number of nitrogens with one attached hydrogen (secondary N) is 1. The molecule has 0 saturated carbocycles. The van der Waals surface area contributed by atoms with Gasteiger partial charge < -0.3 is 24.5 Å². The number of anilines is 1. The van der Waals surface area contributed by atoms with Gasteiger partial charge in [0.25, 0.3) is 5.91 Å². The number of aliphatic carboxylic acids is 1. The number of hydrogen-bond donors (Lipinski definition) is 2. The van der Waals surface area contributed by atoms with E-state index in [-0.39, 0.29) is 17.6 Å². The first-order chi connectivity index (χ1) is 15.4. The topological polar surface area (TPSA) is 109 Å². The van der Waals surface area contributed by atoms with Crippen molar-refractivity contribution in [1.29, 1.82) is 0 Å². The Morgan fingerprint density at radius 1 is 1.12 bits per heavy atom. The summed E-state index contributed by atoms with van der Waals surface area (Å²) in [5.41, 5.74) is 3.28. The van der Waals surface area contributed by atoms with Gasteiger partial charge in [0.1, 0.15) is 11.8 Å². The molecule has 1 aromatic heterocycles. The first kappa shape index (κ1) is 21.2. The lowest BCUT2D eigenvalue weighted by atomic mass is 9.93. The summed E-state index contributed by atoms with van der Waals surface area (Å²) in [6.45, 7) is 1.64. The van der Waals surface area contributed by atoms with Crippen LogP contribution >= 0.6 is 0 Å². The van der Waals surface area contributed by atoms with E-state index in [9.17, 15) is 14.4 Å². The number of nitrogens with zero attached hydrogens (tertiary/aromatic N) is 1. The monoisotopic (exact) mass is 434 g/mol. The average molecular weight is 434 g/mol. The molecule has 0 radical (unpaired) electrons. The molecule has 8 nitrogen and oxygen atoms in total. The summed E-state index contributed by atoms with van der Waals surface area (Å²) in [4.78, 5) is 38.5. The van der Waals surface area contributed by atoms with Crippen LogP contribution in [0.4, 0.5) is 5.69 Å². The van der Waals surface area contributed by atoms with Crippen molar-refractivity contribution in [3.8, 4) is 5.75 Å². The van der Waals surface area contributed by atoms with Gasteiger partial charge in [0.15, 0.2) is 12.4 Å². The number of furan rings is 1. The predicted octanol–water partition coefficient (Wildman–Crippen LogP) is 3.26. The molecule has 2 amide bonds. The fraction of sp³-hybridized carbons (Fsp3) is 0.208. The molecule has 164 valence electrons. The summed E-state index contributed by atoms with van der Waals surface area (Å²) in [5.74, 6) is -1.16. The van der Waals surface area contributed by atoms with E-state index in [2.05, 4.69) is 5.32 Å². The van der Waals surface area contributed by atoms with Crippen molar-refractivity contribution in [1.82, 2.24) is 4.90 Å². The van der Waals surface area contributed by atoms with Crippen molar-refractivity contribution in [3.05, 3.63) is 83.3 Å². The summed E-state index contributed by atoms with van der Waals surface area (Å²) in [6, 6.07) is 15.1. The minimum atomic E-state index is -1.07. The second-order valence-electron chi connectivity index (χ2n) is 7.55. The van der Waals surface area contributed by atoms with Gasteiger partial charge in [-0.15, -0.1) is 0 Å². The molecule has 8 heteroatoms. The molecule has 0 spiro atoms. The lowest BCUT2D eigenvalue weighted by molar-refractivity contribution is -0.139. The number of hydrogen-bond acceptors (Lipinski definition) is 5. The number of rotatable bonds is 6. The van der Waals surface area contributed by atoms with E-state index < -0.39 is 18.6 Å². The Morgan fingerprint density at radius 2 is 1.91 bits per heavy atom. The Morgan fingerprint density at radius 3 is 2.59 bits per heavy atom. The number of fused-ring (bicyclic) bond motifs is 1. The Bertz CT molecular complexity index is 1160. The number of carboxylic acid groups (broad SMARTS) is 1. The normalized spacial score (nSPS) is 15.0. The molecule has 0 fully saturated rings. The van der Waals surface area contributed by atoms with Crippen LogP contribution in [0.5, 0.6) is 5.75 Å². The Kier molecular flexibility index (Phi) is 5.93. The van der Waals surface area contributed by atoms with Gasteiger partial charge in [0, 0.05) is 18.7 Å². The molecule has 0 aliphatic carbocycles. The third-order valence-corrected chi connectivity index (χ3v) is 5.36. The number of carboxylic acids is 1. The van der Waals surface area contributed by atoms with E-state index in [0.29, 0.717) is 30.0 Å². The maximum absolute atomic E-state index is 13.3. The number of aryl methyl sites for hydroxylation is 1. The molecule has 3 aromatic rings. The van der Waals surface area contributed by atoms with Gasteiger partial charge in [0.05, 0.1) is 6.26 Å². The molecule has 32 heavy (non-hydrogen) atoms. The first-order valence-electron chi connectivity index (χ1n) is 10.1. The lowest BCUT2D eigenvalue weighted by Crippen LogP contribution is -2.50. The van der Waals surface area contributed by atoms with E-state index >= 15 is 0 Å². The van der Waals surface area contributed by atoms with Crippen LogP contribution in [0.3, 0.4) is 0 Å². The maximum Gasteiger partial charge on any atom is 0.341 e. The van der Waals surface area contributed by atoms with E-state index in [1.165, 1.54) is 11.2 Å². The molecule has 4 rings (SSSR count). The fourth-order valence-electron chi connectivity index (χ4n) is 3.74. The van der Waals surface area contributed by atoms with Gasteiger partial charge in [-0.3, -0.25) is 9.59 Å². The van der Waals surface area contributed by atoms with Crippen LogP contribution in [0.15, 0.2) is 65.3 Å². The number of ether oxygens (including phenoxy) is 1. The highest BCUT2D eigenvalue weighted by molar-refractivity contribution is 6.01. The zero-order chi connectivity index (χ0) is 22.7. The van der Waals surface area contributed by atoms with Gasteiger partial charge in [-0.05, 0) is 53.9 Å². The second kappa shape index (κ2) is 8.97. The number of carbonyl (C=O) groups excluding carboxylic acids is 2. The Hall–Kier alpha value is -4.07. The number of benzene rings is 2. The average Bonchev–Trinajstić information content (AvgIpc) is 3.33. The van der Waals surface area contributed by atoms with Crippen molar-refractivity contribution in [2.24, 2.45) is 0 Å². The zero-order valence-corrected chi connectivity index (χ0v) is 17.4. The van der Waals surface area contributed by atoms with Crippen molar-refractivity contribution in [3.63, 3.8) is 0 Å². The van der Waals surface area contributed by atoms with Gasteiger partial charge in [-0.25, -0.2) is 4.79 Å².